The molecule has 2 saturated heterocycles. The van der Waals surface area contributed by atoms with Gasteiger partial charge in [-0.25, -0.2) is 0 Å². The molecule has 0 unspecified atom stereocenters. The van der Waals surface area contributed by atoms with Crippen molar-refractivity contribution in [3.8, 4) is 0 Å². The van der Waals surface area contributed by atoms with Crippen molar-refractivity contribution in [2.24, 2.45) is 11.7 Å². The fraction of sp³-hybridized carbons (Fsp3) is 0.556. The molecule has 2 aliphatic rings. The highest BCUT2D eigenvalue weighted by Gasteiger charge is 2.35. The summed E-state index contributed by atoms with van der Waals surface area (Å²) in [7, 11) is 0. The molecule has 2 fully saturated rings. The summed E-state index contributed by atoms with van der Waals surface area (Å²) < 4.78 is 5.68. The molecule has 0 aromatic heterocycles. The summed E-state index contributed by atoms with van der Waals surface area (Å²) in [4.78, 5) is 26.9. The second kappa shape index (κ2) is 7.64. The van der Waals surface area contributed by atoms with E-state index in [1.54, 1.807) is 24.3 Å². The average Bonchev–Trinajstić information content (AvgIpc) is 3.10. The van der Waals surface area contributed by atoms with Crippen LogP contribution in [0.2, 0.25) is 5.02 Å². The second-order valence-corrected chi connectivity index (χ2v) is 6.97. The van der Waals surface area contributed by atoms with Crippen LogP contribution >= 0.6 is 11.6 Å². The van der Waals surface area contributed by atoms with Crippen LogP contribution in [-0.2, 0) is 9.53 Å². The molecule has 2 atom stereocenters. The van der Waals surface area contributed by atoms with Crippen LogP contribution in [0.1, 0.15) is 36.0 Å². The third kappa shape index (κ3) is 3.79. The Morgan fingerprint density at radius 2 is 1.79 bits per heavy atom. The van der Waals surface area contributed by atoms with E-state index in [1.165, 1.54) is 0 Å². The van der Waals surface area contributed by atoms with Gasteiger partial charge in [-0.05, 0) is 49.9 Å². The molecule has 130 valence electrons. The number of carbonyl (C=O) groups is 2. The summed E-state index contributed by atoms with van der Waals surface area (Å²) in [6.07, 6.45) is 2.62. The number of nitrogens with two attached hydrogens (primary N) is 1. The monoisotopic (exact) mass is 350 g/mol. The Morgan fingerprint density at radius 3 is 2.38 bits per heavy atom. The highest BCUT2D eigenvalue weighted by molar-refractivity contribution is 6.30. The fourth-order valence-electron chi connectivity index (χ4n) is 3.48. The first-order valence-corrected chi connectivity index (χ1v) is 8.90. The third-order valence-electron chi connectivity index (χ3n) is 4.95. The first-order valence-electron chi connectivity index (χ1n) is 8.52. The number of hydrogen-bond donors (Lipinski definition) is 1. The van der Waals surface area contributed by atoms with Crippen LogP contribution in [0.15, 0.2) is 24.3 Å². The molecular formula is C18H23ClN2O3. The number of Topliss-reactive ketones (excluding diaryl/α,β-unsaturated/α-hetero) is 1. The summed E-state index contributed by atoms with van der Waals surface area (Å²) in [5, 5.41) is 0.624. The van der Waals surface area contributed by atoms with E-state index >= 15 is 0 Å². The van der Waals surface area contributed by atoms with Crippen LogP contribution in [0.3, 0.4) is 0 Å². The number of benzene rings is 1. The molecule has 0 aliphatic carbocycles. The molecule has 2 aliphatic heterocycles. The van der Waals surface area contributed by atoms with Crippen LogP contribution in [0.5, 0.6) is 0 Å². The van der Waals surface area contributed by atoms with Gasteiger partial charge in [-0.15, -0.1) is 0 Å². The normalized spacial score (nSPS) is 25.0. The number of ether oxygens (including phenoxy) is 1. The number of piperidine rings is 1. The quantitative estimate of drug-likeness (QED) is 0.845. The molecule has 0 bridgehead atoms. The molecule has 2 N–H and O–H groups in total. The van der Waals surface area contributed by atoms with Crippen molar-refractivity contribution in [1.29, 1.82) is 0 Å². The lowest BCUT2D eigenvalue weighted by Gasteiger charge is -2.32. The zero-order valence-electron chi connectivity index (χ0n) is 13.6. The van der Waals surface area contributed by atoms with Crippen LogP contribution in [0.4, 0.5) is 0 Å². The molecule has 5 nitrogen and oxygen atoms in total. The van der Waals surface area contributed by atoms with E-state index in [2.05, 4.69) is 0 Å². The number of likely N-dealkylation sites (tertiary alicyclic amines) is 1. The third-order valence-corrected chi connectivity index (χ3v) is 5.20. The van der Waals surface area contributed by atoms with Crippen LogP contribution in [0, 0.1) is 5.92 Å². The Hall–Kier alpha value is -1.43. The molecule has 1 aromatic rings. The maximum atomic E-state index is 12.5. The van der Waals surface area contributed by atoms with Gasteiger partial charge in [0.2, 0.25) is 0 Å². The standard InChI is InChI=1S/C18H23ClN2O3/c19-14-3-1-12(2-4-14)17(22)13-7-9-21(10-8-13)18(23)16-6-5-15(11-20)24-16/h1-4,13,15-16H,5-11,20H2/t15-,16+/m1/s1. The highest BCUT2D eigenvalue weighted by Crippen LogP contribution is 2.26. The van der Waals surface area contributed by atoms with E-state index in [0.29, 0.717) is 43.1 Å². The predicted octanol–water partition coefficient (Wildman–Crippen LogP) is 2.27. The van der Waals surface area contributed by atoms with Crippen molar-refractivity contribution in [2.75, 3.05) is 19.6 Å². The predicted molar refractivity (Wildman–Crippen MR) is 92.0 cm³/mol. The van der Waals surface area contributed by atoms with Crippen molar-refractivity contribution in [1.82, 2.24) is 4.90 Å². The summed E-state index contributed by atoms with van der Waals surface area (Å²) in [6.45, 7) is 1.67. The number of nitrogens with zero attached hydrogens (tertiary/aromatic N) is 1. The number of carbonyl (C=O) groups excluding carboxylic acids is 2. The van der Waals surface area contributed by atoms with Gasteiger partial charge in [0.25, 0.3) is 5.91 Å². The van der Waals surface area contributed by atoms with Crippen LogP contribution in [-0.4, -0.2) is 48.4 Å². The Kier molecular flexibility index (Phi) is 5.54. The van der Waals surface area contributed by atoms with Gasteiger partial charge in [0.15, 0.2) is 5.78 Å². The molecule has 1 amide bonds. The SMILES string of the molecule is NC[C@H]1CC[C@@H](C(=O)N2CCC(C(=O)c3ccc(Cl)cc3)CC2)O1. The maximum absolute atomic E-state index is 12.5. The minimum atomic E-state index is -0.359. The molecular weight excluding hydrogens is 328 g/mol. The summed E-state index contributed by atoms with van der Waals surface area (Å²) in [5.74, 6) is 0.152. The maximum Gasteiger partial charge on any atom is 0.251 e. The van der Waals surface area contributed by atoms with Crippen molar-refractivity contribution in [2.45, 2.75) is 37.9 Å². The van der Waals surface area contributed by atoms with Crippen molar-refractivity contribution in [3.63, 3.8) is 0 Å². The molecule has 0 spiro atoms. The van der Waals surface area contributed by atoms with E-state index < -0.39 is 0 Å². The minimum absolute atomic E-state index is 0.00275. The van der Waals surface area contributed by atoms with Crippen LogP contribution < -0.4 is 5.73 Å². The zero-order chi connectivity index (χ0) is 17.1. The number of ketones is 1. The second-order valence-electron chi connectivity index (χ2n) is 6.53. The topological polar surface area (TPSA) is 72.6 Å². The first-order chi connectivity index (χ1) is 11.6. The van der Waals surface area contributed by atoms with Gasteiger partial charge in [-0.1, -0.05) is 11.6 Å². The number of hydrogen-bond acceptors (Lipinski definition) is 4. The van der Waals surface area contributed by atoms with Gasteiger partial charge in [-0.3, -0.25) is 9.59 Å². The van der Waals surface area contributed by atoms with Crippen LogP contribution in [0.25, 0.3) is 0 Å². The first kappa shape index (κ1) is 17.4. The van der Waals surface area contributed by atoms with Gasteiger partial charge < -0.3 is 15.4 Å². The number of halogens is 1. The average molecular weight is 351 g/mol. The number of rotatable bonds is 4. The van der Waals surface area contributed by atoms with Crippen molar-refractivity contribution < 1.29 is 14.3 Å². The van der Waals surface area contributed by atoms with E-state index in [0.717, 1.165) is 12.8 Å². The molecule has 0 radical (unpaired) electrons. The van der Waals surface area contributed by atoms with Gasteiger partial charge in [0.1, 0.15) is 6.10 Å². The largest absolute Gasteiger partial charge is 0.364 e. The molecule has 3 rings (SSSR count). The Morgan fingerprint density at radius 1 is 1.12 bits per heavy atom. The molecule has 6 heteroatoms. The minimum Gasteiger partial charge on any atom is -0.364 e. The summed E-state index contributed by atoms with van der Waals surface area (Å²) in [5.41, 5.74) is 6.28. The molecule has 2 heterocycles. The Bertz CT molecular complexity index is 597. The summed E-state index contributed by atoms with van der Waals surface area (Å²) in [6, 6.07) is 7.00. The van der Waals surface area contributed by atoms with E-state index in [1.807, 2.05) is 4.90 Å². The summed E-state index contributed by atoms with van der Waals surface area (Å²) >= 11 is 5.86. The van der Waals surface area contributed by atoms with Gasteiger partial charge in [0, 0.05) is 36.1 Å². The van der Waals surface area contributed by atoms with E-state index in [9.17, 15) is 9.59 Å². The Labute approximate surface area is 147 Å². The smallest absolute Gasteiger partial charge is 0.251 e. The number of amides is 1. The van der Waals surface area contributed by atoms with E-state index in [-0.39, 0.29) is 29.8 Å². The zero-order valence-corrected chi connectivity index (χ0v) is 14.4. The lowest BCUT2D eigenvalue weighted by Crippen LogP contribution is -2.45. The van der Waals surface area contributed by atoms with Gasteiger partial charge in [-0.2, -0.15) is 0 Å². The molecule has 1 aromatic carbocycles. The lowest BCUT2D eigenvalue weighted by atomic mass is 9.88. The molecule has 24 heavy (non-hydrogen) atoms. The highest BCUT2D eigenvalue weighted by atomic mass is 35.5. The molecule has 0 saturated carbocycles. The van der Waals surface area contributed by atoms with Crippen molar-refractivity contribution >= 4 is 23.3 Å². The van der Waals surface area contributed by atoms with Gasteiger partial charge in [0.05, 0.1) is 6.10 Å². The lowest BCUT2D eigenvalue weighted by molar-refractivity contribution is -0.144. The Balaban J connectivity index is 1.53. The fourth-order valence-corrected chi connectivity index (χ4v) is 3.60. The van der Waals surface area contributed by atoms with Crippen molar-refractivity contribution in [3.05, 3.63) is 34.9 Å². The van der Waals surface area contributed by atoms with E-state index in [4.69, 9.17) is 22.1 Å². The van der Waals surface area contributed by atoms with Gasteiger partial charge >= 0.3 is 0 Å².